The number of hydrogen-bond donors (Lipinski definition) is 9. The summed E-state index contributed by atoms with van der Waals surface area (Å²) in [6, 6.07) is 25.3. The summed E-state index contributed by atoms with van der Waals surface area (Å²) in [5, 5.41) is 29.1. The van der Waals surface area contributed by atoms with Crippen LogP contribution >= 0.6 is 0 Å². The molecule has 1 heterocycles. The number of carbonyl (C=O) groups excluding carboxylic acids is 8. The van der Waals surface area contributed by atoms with Gasteiger partial charge in [-0.3, -0.25) is 38.4 Å². The average molecular weight is 1050 g/mol. The fourth-order valence-corrected chi connectivity index (χ4v) is 12.6. The summed E-state index contributed by atoms with van der Waals surface area (Å²) in [5.74, 6) is -4.66. The van der Waals surface area contributed by atoms with Crippen LogP contribution in [0.2, 0.25) is 0 Å². The third-order valence-corrected chi connectivity index (χ3v) is 16.4. The van der Waals surface area contributed by atoms with Gasteiger partial charge in [0.25, 0.3) is 0 Å². The maximum atomic E-state index is 14.2. The van der Waals surface area contributed by atoms with Crippen LogP contribution in [-0.4, -0.2) is 103 Å². The molecule has 0 bridgehead atoms. The molecule has 412 valence electrons. The number of hydrogen-bond acceptors (Lipinski definition) is 9. The highest BCUT2D eigenvalue weighted by Gasteiger charge is 2.42. The highest BCUT2D eigenvalue weighted by molar-refractivity contribution is 5.89. The molecule has 17 heteroatoms. The van der Waals surface area contributed by atoms with Crippen LogP contribution in [0.25, 0.3) is 21.5 Å². The second-order valence-corrected chi connectivity index (χ2v) is 22.7. The minimum absolute atomic E-state index is 0.0193. The molecule has 11 atom stereocenters. The van der Waals surface area contributed by atoms with Crippen molar-refractivity contribution in [2.75, 3.05) is 19.6 Å². The molecule has 0 radical (unpaired) electrons. The van der Waals surface area contributed by atoms with Crippen molar-refractivity contribution >= 4 is 68.8 Å². The Morgan fingerprint density at radius 2 is 1.14 bits per heavy atom. The Morgan fingerprint density at radius 3 is 1.81 bits per heavy atom. The van der Waals surface area contributed by atoms with Gasteiger partial charge in [0.2, 0.25) is 47.3 Å². The maximum Gasteiger partial charge on any atom is 0.226 e. The van der Waals surface area contributed by atoms with E-state index in [-0.39, 0.29) is 72.7 Å². The highest BCUT2D eigenvalue weighted by Crippen LogP contribution is 2.31. The third kappa shape index (κ3) is 15.2. The van der Waals surface area contributed by atoms with Crippen molar-refractivity contribution in [3.63, 3.8) is 0 Å². The van der Waals surface area contributed by atoms with Crippen molar-refractivity contribution in [3.05, 3.63) is 96.1 Å². The average Bonchev–Trinajstić information content (AvgIpc) is 4.24. The molecule has 1 aliphatic heterocycles. The molecule has 4 fully saturated rings. The largest absolute Gasteiger partial charge is 0.370 e. The number of amides is 8. The van der Waals surface area contributed by atoms with Gasteiger partial charge in [-0.15, -0.1) is 0 Å². The first-order valence-corrected chi connectivity index (χ1v) is 28.1. The van der Waals surface area contributed by atoms with Gasteiger partial charge in [-0.05, 0) is 96.4 Å². The molecular formula is C60H79N9O8. The van der Waals surface area contributed by atoms with Gasteiger partial charge in [0.15, 0.2) is 0 Å². The third-order valence-electron chi connectivity index (χ3n) is 16.4. The normalized spacial score (nSPS) is 24.2. The number of fused-ring (bicyclic) bond motifs is 2. The lowest BCUT2D eigenvalue weighted by atomic mass is 9.94. The van der Waals surface area contributed by atoms with Crippen LogP contribution in [-0.2, 0) is 51.2 Å². The fourth-order valence-electron chi connectivity index (χ4n) is 12.6. The SMILES string of the molecule is CC(=O)N[C@@H]1CCC[C@@H]1C(=O)N[C@H](CC(=O)NC[C@H](CC(C)C)C(=O)N[C@@H]1CCC[C@@H]1C(=O)N[C@@H]1CNC[C@@H]1C(=O)N[C@@H]1CCC[C@@H]1C(=O)N[C@H](CC(N)=O)Cc1cccc2ccccc12)Cc1ccc2ccccc2c1. The van der Waals surface area contributed by atoms with E-state index in [9.17, 15) is 38.4 Å². The lowest BCUT2D eigenvalue weighted by molar-refractivity contribution is -0.130. The lowest BCUT2D eigenvalue weighted by Gasteiger charge is -2.28. The van der Waals surface area contributed by atoms with E-state index in [0.29, 0.717) is 70.9 Å². The minimum Gasteiger partial charge on any atom is -0.370 e. The Hall–Kier alpha value is -6.88. The Balaban J connectivity index is 0.844. The summed E-state index contributed by atoms with van der Waals surface area (Å²) in [4.78, 5) is 108. The monoisotopic (exact) mass is 1050 g/mol. The number of carbonyl (C=O) groups is 8. The van der Waals surface area contributed by atoms with Crippen LogP contribution in [0.4, 0.5) is 0 Å². The van der Waals surface area contributed by atoms with Crippen LogP contribution < -0.4 is 48.3 Å². The number of primary amides is 1. The molecule has 4 aromatic carbocycles. The van der Waals surface area contributed by atoms with Crippen molar-refractivity contribution in [2.24, 2.45) is 41.2 Å². The molecule has 4 aliphatic rings. The zero-order valence-electron chi connectivity index (χ0n) is 44.9. The predicted molar refractivity (Wildman–Crippen MR) is 295 cm³/mol. The van der Waals surface area contributed by atoms with E-state index >= 15 is 0 Å². The van der Waals surface area contributed by atoms with Crippen LogP contribution in [0.1, 0.15) is 109 Å². The standard InChI is InChI=1S/C60H79N9O8/c1-35(2)26-42(32-63-55(72)31-43(28-37-24-25-38-12-4-5-14-40(38)27-37)65-57(74)46-18-9-21-50(46)64-36(3)70)56(73)67-51-22-11-20-48(51)59(76)69-53-34-62-33-49(53)60(77)68-52-23-10-19-47(52)58(75)66-44(30-54(61)71)29-41-16-8-15-39-13-6-7-17-45(39)41/h4-8,12-17,24-25,27,35,42-44,46-53,62H,9-11,18-23,26,28-34H2,1-3H3,(H2,61,71)(H,63,72)(H,64,70)(H,65,74)(H,66,75)(H,67,73)(H,68,77)(H,69,76)/t42-,43-,44-,46-,47-,48-,49-,50+,51+,52+,53+/m0/s1. The predicted octanol–water partition coefficient (Wildman–Crippen LogP) is 4.37. The van der Waals surface area contributed by atoms with Crippen molar-refractivity contribution in [3.8, 4) is 0 Å². The van der Waals surface area contributed by atoms with E-state index in [4.69, 9.17) is 5.73 Å². The first kappa shape index (κ1) is 56.3. The molecule has 0 spiro atoms. The van der Waals surface area contributed by atoms with E-state index in [1.807, 2.05) is 92.7 Å². The first-order chi connectivity index (χ1) is 37.1. The zero-order valence-corrected chi connectivity index (χ0v) is 44.9. The molecule has 4 aromatic rings. The molecule has 0 aromatic heterocycles. The molecule has 10 N–H and O–H groups in total. The van der Waals surface area contributed by atoms with Gasteiger partial charge in [-0.2, -0.15) is 0 Å². The van der Waals surface area contributed by atoms with E-state index in [1.54, 1.807) is 0 Å². The van der Waals surface area contributed by atoms with Gasteiger partial charge in [0.05, 0.1) is 35.6 Å². The maximum absolute atomic E-state index is 14.2. The Bertz CT molecular complexity index is 2780. The molecule has 8 rings (SSSR count). The molecule has 8 amide bonds. The van der Waals surface area contributed by atoms with Crippen LogP contribution in [0, 0.1) is 35.5 Å². The van der Waals surface area contributed by atoms with Gasteiger partial charge < -0.3 is 48.3 Å². The Kier molecular flexibility index (Phi) is 19.3. The van der Waals surface area contributed by atoms with Gasteiger partial charge in [0.1, 0.15) is 0 Å². The van der Waals surface area contributed by atoms with E-state index in [0.717, 1.165) is 51.9 Å². The molecule has 1 saturated heterocycles. The second kappa shape index (κ2) is 26.4. The summed E-state index contributed by atoms with van der Waals surface area (Å²) in [6.45, 7) is 6.27. The second-order valence-electron chi connectivity index (χ2n) is 22.7. The van der Waals surface area contributed by atoms with Gasteiger partial charge >= 0.3 is 0 Å². The summed E-state index contributed by atoms with van der Waals surface area (Å²) in [7, 11) is 0. The topological polar surface area (TPSA) is 259 Å². The van der Waals surface area contributed by atoms with Crippen molar-refractivity contribution < 1.29 is 38.4 Å². The van der Waals surface area contributed by atoms with Gasteiger partial charge in [0, 0.05) is 69.6 Å². The first-order valence-electron chi connectivity index (χ1n) is 28.1. The summed E-state index contributed by atoms with van der Waals surface area (Å²) in [5.41, 5.74) is 7.61. The molecule has 3 aliphatic carbocycles. The quantitative estimate of drug-likeness (QED) is 0.0511. The van der Waals surface area contributed by atoms with Gasteiger partial charge in [-0.1, -0.05) is 118 Å². The Morgan fingerprint density at radius 1 is 0.571 bits per heavy atom. The number of benzene rings is 4. The van der Waals surface area contributed by atoms with Gasteiger partial charge in [-0.25, -0.2) is 0 Å². The van der Waals surface area contributed by atoms with Crippen molar-refractivity contribution in [2.45, 2.75) is 147 Å². The zero-order chi connectivity index (χ0) is 54.6. The van der Waals surface area contributed by atoms with E-state index in [1.165, 1.54) is 6.92 Å². The van der Waals surface area contributed by atoms with E-state index in [2.05, 4.69) is 48.6 Å². The van der Waals surface area contributed by atoms with Crippen LogP contribution in [0.15, 0.2) is 84.9 Å². The minimum atomic E-state index is -0.588. The molecular weight excluding hydrogens is 975 g/mol. The molecule has 17 nitrogen and oxygen atoms in total. The summed E-state index contributed by atoms with van der Waals surface area (Å²) < 4.78 is 0. The summed E-state index contributed by atoms with van der Waals surface area (Å²) in [6.07, 6.45) is 7.25. The van der Waals surface area contributed by atoms with Crippen LogP contribution in [0.5, 0.6) is 0 Å². The molecule has 0 unspecified atom stereocenters. The fraction of sp³-hybridized carbons (Fsp3) is 0.533. The number of rotatable bonds is 23. The van der Waals surface area contributed by atoms with Crippen molar-refractivity contribution in [1.82, 2.24) is 42.5 Å². The highest BCUT2D eigenvalue weighted by atomic mass is 16.2. The van der Waals surface area contributed by atoms with Crippen molar-refractivity contribution in [1.29, 1.82) is 0 Å². The summed E-state index contributed by atoms with van der Waals surface area (Å²) >= 11 is 0. The lowest BCUT2D eigenvalue weighted by Crippen LogP contribution is -2.53. The number of nitrogens with one attached hydrogen (secondary N) is 8. The Labute approximate surface area is 451 Å². The smallest absolute Gasteiger partial charge is 0.226 e. The molecule has 77 heavy (non-hydrogen) atoms. The molecule has 3 saturated carbocycles. The number of nitrogens with two attached hydrogens (primary N) is 1. The van der Waals surface area contributed by atoms with Crippen LogP contribution in [0.3, 0.4) is 0 Å². The van der Waals surface area contributed by atoms with E-state index < -0.39 is 65.7 Å².